The van der Waals surface area contributed by atoms with Gasteiger partial charge in [-0.25, -0.2) is 0 Å². The predicted molar refractivity (Wildman–Crippen MR) is 101 cm³/mol. The lowest BCUT2D eigenvalue weighted by Crippen LogP contribution is -2.16. The van der Waals surface area contributed by atoms with Crippen molar-refractivity contribution in [3.05, 3.63) is 65.5 Å². The Hall–Kier alpha value is -1.67. The third-order valence-corrected chi connectivity index (χ3v) is 4.72. The van der Waals surface area contributed by atoms with E-state index in [1.165, 1.54) is 11.1 Å². The minimum Gasteiger partial charge on any atom is -0.388 e. The summed E-state index contributed by atoms with van der Waals surface area (Å²) in [7, 11) is 0. The van der Waals surface area contributed by atoms with Crippen molar-refractivity contribution >= 4 is 0 Å². The molecule has 0 aliphatic rings. The molecule has 1 N–H and O–H groups in total. The minimum atomic E-state index is -0.451. The van der Waals surface area contributed by atoms with Gasteiger partial charge >= 0.3 is 0 Å². The van der Waals surface area contributed by atoms with Crippen LogP contribution < -0.4 is 0 Å². The van der Waals surface area contributed by atoms with E-state index in [1.807, 2.05) is 12.1 Å². The number of unbranched alkanes of at least 4 members (excludes halogenated alkanes) is 1. The van der Waals surface area contributed by atoms with Crippen LogP contribution in [0.25, 0.3) is 0 Å². The molecule has 2 heteroatoms. The number of aliphatic hydroxyl groups is 1. The summed E-state index contributed by atoms with van der Waals surface area (Å²) in [5.74, 6) is 0.231. The first-order valence-electron chi connectivity index (χ1n) is 9.09. The average Bonchev–Trinajstić information content (AvgIpc) is 2.58. The van der Waals surface area contributed by atoms with Crippen molar-refractivity contribution in [2.24, 2.45) is 5.92 Å². The summed E-state index contributed by atoms with van der Waals surface area (Å²) in [5, 5.41) is 10.8. The summed E-state index contributed by atoms with van der Waals surface area (Å²) in [6.45, 7) is 8.90. The summed E-state index contributed by atoms with van der Waals surface area (Å²) in [4.78, 5) is 4.15. The topological polar surface area (TPSA) is 33.1 Å². The quantitative estimate of drug-likeness (QED) is 0.733. The molecule has 1 aromatic heterocycles. The maximum absolute atomic E-state index is 10.8. The van der Waals surface area contributed by atoms with Crippen LogP contribution in [0.2, 0.25) is 0 Å². The molecule has 2 unspecified atom stereocenters. The van der Waals surface area contributed by atoms with Crippen LogP contribution in [0.3, 0.4) is 0 Å². The fourth-order valence-electron chi connectivity index (χ4n) is 3.10. The summed E-state index contributed by atoms with van der Waals surface area (Å²) in [6.07, 6.45) is 7.32. The van der Waals surface area contributed by atoms with Gasteiger partial charge in [0.05, 0.1) is 6.10 Å². The Bertz CT molecular complexity index is 598. The number of hydrogen-bond donors (Lipinski definition) is 1. The van der Waals surface area contributed by atoms with Gasteiger partial charge in [-0.05, 0) is 46.9 Å². The smallest absolute Gasteiger partial charge is 0.0836 e. The van der Waals surface area contributed by atoms with Crippen molar-refractivity contribution in [1.82, 2.24) is 4.98 Å². The van der Waals surface area contributed by atoms with E-state index in [0.717, 1.165) is 31.2 Å². The Morgan fingerprint density at radius 2 is 1.79 bits per heavy atom. The summed E-state index contributed by atoms with van der Waals surface area (Å²) in [5.41, 5.74) is 3.75. The standard InChI is InChI=1S/C22H31NO/c1-5-6-8-18(21(24)19-9-7-14-23-16-19)15-17-10-12-20(13-11-17)22(2,3)4/h7,9-14,16,18,21,24H,5-6,8,15H2,1-4H3. The van der Waals surface area contributed by atoms with Crippen molar-refractivity contribution in [2.75, 3.05) is 0 Å². The lowest BCUT2D eigenvalue weighted by atomic mass is 9.84. The molecule has 2 atom stereocenters. The van der Waals surface area contributed by atoms with E-state index in [-0.39, 0.29) is 11.3 Å². The number of pyridine rings is 1. The van der Waals surface area contributed by atoms with Crippen LogP contribution >= 0.6 is 0 Å². The number of benzene rings is 1. The maximum atomic E-state index is 10.8. The van der Waals surface area contributed by atoms with Gasteiger partial charge in [0.15, 0.2) is 0 Å². The molecule has 0 aliphatic heterocycles. The molecular weight excluding hydrogens is 294 g/mol. The van der Waals surface area contributed by atoms with Crippen molar-refractivity contribution < 1.29 is 5.11 Å². The molecule has 24 heavy (non-hydrogen) atoms. The van der Waals surface area contributed by atoms with E-state index in [1.54, 1.807) is 12.4 Å². The molecule has 0 bridgehead atoms. The van der Waals surface area contributed by atoms with Gasteiger partial charge in [-0.3, -0.25) is 4.98 Å². The van der Waals surface area contributed by atoms with Crippen molar-refractivity contribution in [1.29, 1.82) is 0 Å². The zero-order valence-electron chi connectivity index (χ0n) is 15.5. The minimum absolute atomic E-state index is 0.176. The highest BCUT2D eigenvalue weighted by Crippen LogP contribution is 2.30. The van der Waals surface area contributed by atoms with E-state index < -0.39 is 6.10 Å². The normalized spacial score (nSPS) is 14.4. The molecule has 130 valence electrons. The largest absolute Gasteiger partial charge is 0.388 e. The van der Waals surface area contributed by atoms with Crippen LogP contribution in [-0.4, -0.2) is 10.1 Å². The zero-order valence-corrected chi connectivity index (χ0v) is 15.5. The molecule has 2 aromatic rings. The number of nitrogens with zero attached hydrogens (tertiary/aromatic N) is 1. The van der Waals surface area contributed by atoms with Gasteiger partial charge in [-0.2, -0.15) is 0 Å². The van der Waals surface area contributed by atoms with E-state index >= 15 is 0 Å². The maximum Gasteiger partial charge on any atom is 0.0836 e. The molecule has 0 fully saturated rings. The molecule has 1 heterocycles. The van der Waals surface area contributed by atoms with Gasteiger partial charge in [0.1, 0.15) is 0 Å². The lowest BCUT2D eigenvalue weighted by molar-refractivity contribution is 0.101. The van der Waals surface area contributed by atoms with E-state index in [4.69, 9.17) is 0 Å². The number of aromatic nitrogens is 1. The molecular formula is C22H31NO. The average molecular weight is 325 g/mol. The number of aliphatic hydroxyl groups excluding tert-OH is 1. The second-order valence-electron chi connectivity index (χ2n) is 7.78. The van der Waals surface area contributed by atoms with Crippen molar-refractivity contribution in [2.45, 2.75) is 64.9 Å². The van der Waals surface area contributed by atoms with Gasteiger partial charge in [0.25, 0.3) is 0 Å². The Morgan fingerprint density at radius 1 is 1.08 bits per heavy atom. The van der Waals surface area contributed by atoms with Gasteiger partial charge in [0.2, 0.25) is 0 Å². The van der Waals surface area contributed by atoms with Gasteiger partial charge in [-0.1, -0.05) is 70.9 Å². The molecule has 0 aliphatic carbocycles. The molecule has 0 saturated carbocycles. The van der Waals surface area contributed by atoms with Crippen LogP contribution in [0.5, 0.6) is 0 Å². The third-order valence-electron chi connectivity index (χ3n) is 4.72. The monoisotopic (exact) mass is 325 g/mol. The fourth-order valence-corrected chi connectivity index (χ4v) is 3.10. The van der Waals surface area contributed by atoms with E-state index in [0.29, 0.717) is 0 Å². The van der Waals surface area contributed by atoms with Crippen LogP contribution in [0.4, 0.5) is 0 Å². The zero-order chi connectivity index (χ0) is 17.6. The molecule has 0 amide bonds. The van der Waals surface area contributed by atoms with Crippen LogP contribution in [0.15, 0.2) is 48.8 Å². The molecule has 2 nitrogen and oxygen atoms in total. The lowest BCUT2D eigenvalue weighted by Gasteiger charge is -2.24. The number of hydrogen-bond acceptors (Lipinski definition) is 2. The first-order valence-corrected chi connectivity index (χ1v) is 9.09. The van der Waals surface area contributed by atoms with Crippen LogP contribution in [-0.2, 0) is 11.8 Å². The summed E-state index contributed by atoms with van der Waals surface area (Å²) < 4.78 is 0. The van der Waals surface area contributed by atoms with Crippen LogP contribution in [0.1, 0.15) is 69.8 Å². The number of rotatable bonds is 7. The SMILES string of the molecule is CCCCC(Cc1ccc(C(C)(C)C)cc1)C(O)c1cccnc1. The Labute approximate surface area is 147 Å². The fraction of sp³-hybridized carbons (Fsp3) is 0.500. The highest BCUT2D eigenvalue weighted by molar-refractivity contribution is 5.28. The van der Waals surface area contributed by atoms with Gasteiger partial charge in [-0.15, -0.1) is 0 Å². The second-order valence-corrected chi connectivity index (χ2v) is 7.78. The Balaban J connectivity index is 2.13. The molecule has 1 aromatic carbocycles. The Kier molecular flexibility index (Phi) is 6.56. The molecule has 0 saturated heterocycles. The predicted octanol–water partition coefficient (Wildman–Crippen LogP) is 5.46. The highest BCUT2D eigenvalue weighted by Gasteiger charge is 2.21. The first kappa shape index (κ1) is 18.7. The van der Waals surface area contributed by atoms with Crippen LogP contribution in [0, 0.1) is 5.92 Å². The van der Waals surface area contributed by atoms with Gasteiger partial charge < -0.3 is 5.11 Å². The molecule has 0 radical (unpaired) electrons. The van der Waals surface area contributed by atoms with E-state index in [9.17, 15) is 5.11 Å². The van der Waals surface area contributed by atoms with Gasteiger partial charge in [0, 0.05) is 12.4 Å². The van der Waals surface area contributed by atoms with Crippen molar-refractivity contribution in [3.8, 4) is 0 Å². The second kappa shape index (κ2) is 8.43. The molecule has 2 rings (SSSR count). The highest BCUT2D eigenvalue weighted by atomic mass is 16.3. The third kappa shape index (κ3) is 5.17. The summed E-state index contributed by atoms with van der Waals surface area (Å²) >= 11 is 0. The summed E-state index contributed by atoms with van der Waals surface area (Å²) in [6, 6.07) is 12.8. The van der Waals surface area contributed by atoms with E-state index in [2.05, 4.69) is 56.9 Å². The first-order chi connectivity index (χ1) is 11.4. The Morgan fingerprint density at radius 3 is 2.33 bits per heavy atom. The molecule has 0 spiro atoms. The van der Waals surface area contributed by atoms with Crippen molar-refractivity contribution in [3.63, 3.8) is 0 Å².